The molecule has 0 unspecified atom stereocenters. The SMILES string of the molecule is Cc1cc(Br)c(C)c2c(C)c(Br)nc(Br)c12. The third-order valence-electron chi connectivity index (χ3n) is 2.81. The fourth-order valence-corrected chi connectivity index (χ4v) is 3.78. The van der Waals surface area contributed by atoms with Crippen molar-refractivity contribution >= 4 is 58.6 Å². The lowest BCUT2D eigenvalue weighted by Crippen LogP contribution is -1.94. The lowest BCUT2D eigenvalue weighted by Gasteiger charge is -2.13. The third-order valence-corrected chi connectivity index (χ3v) is 4.98. The van der Waals surface area contributed by atoms with Gasteiger partial charge in [-0.15, -0.1) is 0 Å². The minimum Gasteiger partial charge on any atom is -0.233 e. The molecule has 4 heteroatoms. The molecule has 1 aromatic heterocycles. The first kappa shape index (κ1) is 12.5. The van der Waals surface area contributed by atoms with Crippen molar-refractivity contribution in [3.8, 4) is 0 Å². The van der Waals surface area contributed by atoms with E-state index in [1.165, 1.54) is 27.5 Å². The summed E-state index contributed by atoms with van der Waals surface area (Å²) in [5, 5.41) is 2.46. The summed E-state index contributed by atoms with van der Waals surface area (Å²) >= 11 is 10.6. The molecule has 0 fully saturated rings. The normalized spacial score (nSPS) is 11.1. The molecule has 0 aliphatic heterocycles. The molecule has 0 radical (unpaired) electrons. The summed E-state index contributed by atoms with van der Waals surface area (Å²) in [6, 6.07) is 2.14. The molecule has 1 heterocycles. The van der Waals surface area contributed by atoms with Gasteiger partial charge in [0.15, 0.2) is 0 Å². The van der Waals surface area contributed by atoms with E-state index in [9.17, 15) is 0 Å². The van der Waals surface area contributed by atoms with Crippen LogP contribution in [0.1, 0.15) is 16.7 Å². The van der Waals surface area contributed by atoms with Crippen LogP contribution in [-0.2, 0) is 0 Å². The number of benzene rings is 1. The third kappa shape index (κ3) is 1.85. The molecule has 84 valence electrons. The Hall–Kier alpha value is 0.0700. The number of pyridine rings is 1. The van der Waals surface area contributed by atoms with Gasteiger partial charge in [-0.05, 0) is 80.8 Å². The molecule has 1 aromatic carbocycles. The van der Waals surface area contributed by atoms with Crippen molar-refractivity contribution < 1.29 is 0 Å². The van der Waals surface area contributed by atoms with Gasteiger partial charge in [0, 0.05) is 9.86 Å². The number of halogens is 3. The van der Waals surface area contributed by atoms with Gasteiger partial charge in [0.25, 0.3) is 0 Å². The number of nitrogens with zero attached hydrogens (tertiary/aromatic N) is 1. The van der Waals surface area contributed by atoms with Crippen molar-refractivity contribution in [1.82, 2.24) is 4.98 Å². The Morgan fingerprint density at radius 1 is 0.875 bits per heavy atom. The van der Waals surface area contributed by atoms with Crippen LogP contribution in [0.15, 0.2) is 19.7 Å². The van der Waals surface area contributed by atoms with Crippen LogP contribution in [0.2, 0.25) is 0 Å². The Morgan fingerprint density at radius 3 is 2.12 bits per heavy atom. The molecule has 1 nitrogen and oxygen atoms in total. The van der Waals surface area contributed by atoms with Gasteiger partial charge < -0.3 is 0 Å². The zero-order valence-electron chi connectivity index (χ0n) is 9.16. The summed E-state index contributed by atoms with van der Waals surface area (Å²) < 4.78 is 2.94. The van der Waals surface area contributed by atoms with Gasteiger partial charge in [-0.2, -0.15) is 0 Å². The minimum atomic E-state index is 0.896. The van der Waals surface area contributed by atoms with Crippen LogP contribution in [-0.4, -0.2) is 4.98 Å². The van der Waals surface area contributed by atoms with E-state index in [1.807, 2.05) is 0 Å². The second-order valence-electron chi connectivity index (χ2n) is 3.87. The quantitative estimate of drug-likeness (QED) is 0.529. The largest absolute Gasteiger partial charge is 0.233 e. The summed E-state index contributed by atoms with van der Waals surface area (Å²) in [6.07, 6.45) is 0. The monoisotopic (exact) mass is 405 g/mol. The lowest BCUT2D eigenvalue weighted by molar-refractivity contribution is 1.20. The molecule has 0 saturated heterocycles. The van der Waals surface area contributed by atoms with Gasteiger partial charge in [0.1, 0.15) is 9.21 Å². The maximum atomic E-state index is 4.45. The first-order valence-electron chi connectivity index (χ1n) is 4.84. The van der Waals surface area contributed by atoms with E-state index in [2.05, 4.69) is 79.6 Å². The van der Waals surface area contributed by atoms with E-state index >= 15 is 0 Å². The zero-order chi connectivity index (χ0) is 12.0. The molecular formula is C12H10Br3N. The molecule has 0 aliphatic carbocycles. The van der Waals surface area contributed by atoms with E-state index in [1.54, 1.807) is 0 Å². The van der Waals surface area contributed by atoms with Crippen LogP contribution < -0.4 is 0 Å². The molecule has 0 aliphatic rings. The average Bonchev–Trinajstić information content (AvgIpc) is 2.20. The zero-order valence-corrected chi connectivity index (χ0v) is 13.9. The number of fused-ring (bicyclic) bond motifs is 1. The predicted molar refractivity (Wildman–Crippen MR) is 79.1 cm³/mol. The first-order valence-corrected chi connectivity index (χ1v) is 7.22. The molecule has 0 amide bonds. The number of aryl methyl sites for hydroxylation is 3. The summed E-state index contributed by atoms with van der Waals surface area (Å²) in [5.74, 6) is 0. The molecule has 0 bridgehead atoms. The molecule has 0 saturated carbocycles. The van der Waals surface area contributed by atoms with Crippen molar-refractivity contribution in [2.24, 2.45) is 0 Å². The predicted octanol–water partition coefficient (Wildman–Crippen LogP) is 5.45. The van der Waals surface area contributed by atoms with E-state index in [0.29, 0.717) is 0 Å². The average molecular weight is 408 g/mol. The fraction of sp³-hybridized carbons (Fsp3) is 0.250. The number of aromatic nitrogens is 1. The maximum absolute atomic E-state index is 4.45. The van der Waals surface area contributed by atoms with Crippen LogP contribution in [0, 0.1) is 20.8 Å². The van der Waals surface area contributed by atoms with E-state index in [0.717, 1.165) is 13.7 Å². The van der Waals surface area contributed by atoms with Crippen LogP contribution in [0.4, 0.5) is 0 Å². The van der Waals surface area contributed by atoms with Gasteiger partial charge in [-0.25, -0.2) is 4.98 Å². The van der Waals surface area contributed by atoms with Crippen molar-refractivity contribution in [2.45, 2.75) is 20.8 Å². The van der Waals surface area contributed by atoms with Crippen LogP contribution in [0.5, 0.6) is 0 Å². The molecular weight excluding hydrogens is 398 g/mol. The standard InChI is InChI=1S/C12H10Br3N/c1-5-4-8(13)6(2)10-7(3)11(14)16-12(15)9(5)10/h4H,1-3H3. The molecule has 2 aromatic rings. The molecule has 16 heavy (non-hydrogen) atoms. The van der Waals surface area contributed by atoms with E-state index in [4.69, 9.17) is 0 Å². The smallest absolute Gasteiger partial charge is 0.115 e. The summed E-state index contributed by atoms with van der Waals surface area (Å²) in [4.78, 5) is 4.45. The van der Waals surface area contributed by atoms with Crippen LogP contribution in [0.3, 0.4) is 0 Å². The topological polar surface area (TPSA) is 12.9 Å². The Balaban J connectivity index is 3.11. The highest BCUT2D eigenvalue weighted by Gasteiger charge is 2.13. The van der Waals surface area contributed by atoms with Gasteiger partial charge in [-0.1, -0.05) is 15.9 Å². The molecule has 0 atom stereocenters. The lowest BCUT2D eigenvalue weighted by atomic mass is 10.00. The fourth-order valence-electron chi connectivity index (χ4n) is 1.94. The molecule has 2 rings (SSSR count). The maximum Gasteiger partial charge on any atom is 0.115 e. The molecule has 0 spiro atoms. The van der Waals surface area contributed by atoms with Crippen LogP contribution >= 0.6 is 47.8 Å². The van der Waals surface area contributed by atoms with Crippen molar-refractivity contribution in [1.29, 1.82) is 0 Å². The Morgan fingerprint density at radius 2 is 1.50 bits per heavy atom. The first-order chi connectivity index (χ1) is 7.43. The number of hydrogen-bond donors (Lipinski definition) is 0. The van der Waals surface area contributed by atoms with Gasteiger partial charge in [0.2, 0.25) is 0 Å². The van der Waals surface area contributed by atoms with Gasteiger partial charge in [0.05, 0.1) is 0 Å². The number of hydrogen-bond acceptors (Lipinski definition) is 1. The number of rotatable bonds is 0. The Bertz CT molecular complexity index is 542. The van der Waals surface area contributed by atoms with Gasteiger partial charge in [-0.3, -0.25) is 0 Å². The van der Waals surface area contributed by atoms with Crippen molar-refractivity contribution in [3.05, 3.63) is 36.4 Å². The van der Waals surface area contributed by atoms with Crippen LogP contribution in [0.25, 0.3) is 10.8 Å². The minimum absolute atomic E-state index is 0.896. The highest BCUT2D eigenvalue weighted by Crippen LogP contribution is 2.37. The highest BCUT2D eigenvalue weighted by atomic mass is 79.9. The van der Waals surface area contributed by atoms with E-state index in [-0.39, 0.29) is 0 Å². The van der Waals surface area contributed by atoms with E-state index < -0.39 is 0 Å². The Kier molecular flexibility index (Phi) is 3.44. The second kappa shape index (κ2) is 4.39. The second-order valence-corrected chi connectivity index (χ2v) is 6.23. The summed E-state index contributed by atoms with van der Waals surface area (Å²) in [7, 11) is 0. The summed E-state index contributed by atoms with van der Waals surface area (Å²) in [5.41, 5.74) is 3.66. The summed E-state index contributed by atoms with van der Waals surface area (Å²) in [6.45, 7) is 6.31. The highest BCUT2D eigenvalue weighted by molar-refractivity contribution is 9.11. The van der Waals surface area contributed by atoms with Crippen molar-refractivity contribution in [2.75, 3.05) is 0 Å². The Labute approximate surface area is 120 Å². The molecule has 0 N–H and O–H groups in total. The van der Waals surface area contributed by atoms with Crippen molar-refractivity contribution in [3.63, 3.8) is 0 Å². The van der Waals surface area contributed by atoms with Gasteiger partial charge >= 0.3 is 0 Å².